The fourth-order valence-corrected chi connectivity index (χ4v) is 4.67. The summed E-state index contributed by atoms with van der Waals surface area (Å²) in [4.78, 5) is 33.5. The van der Waals surface area contributed by atoms with Gasteiger partial charge in [0.25, 0.3) is 0 Å². The molecule has 2 heterocycles. The first-order valence-electron chi connectivity index (χ1n) is 10.4. The quantitative estimate of drug-likeness (QED) is 0.485. The van der Waals surface area contributed by atoms with Crippen LogP contribution in [0.15, 0.2) is 42.7 Å². The van der Waals surface area contributed by atoms with E-state index in [0.29, 0.717) is 29.6 Å². The van der Waals surface area contributed by atoms with E-state index in [1.807, 2.05) is 24.4 Å². The van der Waals surface area contributed by atoms with Crippen LogP contribution in [0.1, 0.15) is 52.3 Å². The number of hydrogen-bond donors (Lipinski definition) is 1. The van der Waals surface area contributed by atoms with Crippen molar-refractivity contribution in [3.05, 3.63) is 74.3 Å². The molecule has 1 aromatic carbocycles. The van der Waals surface area contributed by atoms with Gasteiger partial charge in [0.2, 0.25) is 5.91 Å². The lowest BCUT2D eigenvalue weighted by molar-refractivity contribution is -0.118. The zero-order chi connectivity index (χ0) is 21.8. The van der Waals surface area contributed by atoms with E-state index in [2.05, 4.69) is 27.4 Å². The average Bonchev–Trinajstić information content (AvgIpc) is 3.48. The molecule has 1 N–H and O–H groups in total. The third-order valence-corrected chi connectivity index (χ3v) is 6.67. The summed E-state index contributed by atoms with van der Waals surface area (Å²) in [7, 11) is 0. The molecule has 4 rings (SSSR count). The van der Waals surface area contributed by atoms with Crippen LogP contribution in [-0.2, 0) is 35.3 Å². The second kappa shape index (κ2) is 9.71. The first-order valence-corrected chi connectivity index (χ1v) is 11.6. The van der Waals surface area contributed by atoms with E-state index in [0.717, 1.165) is 33.9 Å². The maximum atomic E-state index is 12.6. The Balaban J connectivity index is 1.31. The standard InChI is InChI=1S/C24H24ClN3O2S/c1-15(29)28-23-10-16(8-9-26-23)2-6-21-14-27-24(31-21)13-20(30)12-19-11-18(17-3-4-17)5-7-22(19)25/h5,7-11,14,17H,2-4,6,12-13H2,1H3,(H,26,28,29). The highest BCUT2D eigenvalue weighted by Crippen LogP contribution is 2.41. The summed E-state index contributed by atoms with van der Waals surface area (Å²) in [6.45, 7) is 1.46. The van der Waals surface area contributed by atoms with Crippen LogP contribution in [-0.4, -0.2) is 21.7 Å². The number of pyridine rings is 1. The van der Waals surface area contributed by atoms with Gasteiger partial charge in [-0.3, -0.25) is 9.59 Å². The molecule has 0 bridgehead atoms. The third-order valence-electron chi connectivity index (χ3n) is 5.24. The number of Topliss-reactive ketones (excluding diaryl/α,β-unsaturated/α-hetero) is 1. The molecule has 7 heteroatoms. The Morgan fingerprint density at radius 1 is 1.13 bits per heavy atom. The number of hydrogen-bond acceptors (Lipinski definition) is 5. The average molecular weight is 454 g/mol. The van der Waals surface area contributed by atoms with Crippen LogP contribution >= 0.6 is 22.9 Å². The highest BCUT2D eigenvalue weighted by atomic mass is 35.5. The van der Waals surface area contributed by atoms with Crippen molar-refractivity contribution < 1.29 is 9.59 Å². The Hall–Kier alpha value is -2.57. The third kappa shape index (κ3) is 6.21. The Bertz CT molecular complexity index is 1110. The number of ketones is 1. The van der Waals surface area contributed by atoms with Crippen LogP contribution < -0.4 is 5.32 Å². The molecule has 5 nitrogen and oxygen atoms in total. The minimum absolute atomic E-state index is 0.129. The number of carbonyl (C=O) groups is 2. The molecule has 3 aromatic rings. The lowest BCUT2D eigenvalue weighted by Gasteiger charge is -2.06. The SMILES string of the molecule is CC(=O)Nc1cc(CCc2cnc(CC(=O)Cc3cc(C4CC4)ccc3Cl)s2)ccn1. The first kappa shape index (κ1) is 21.7. The van der Waals surface area contributed by atoms with Crippen molar-refractivity contribution in [2.24, 2.45) is 0 Å². The highest BCUT2D eigenvalue weighted by Gasteiger charge is 2.24. The van der Waals surface area contributed by atoms with Gasteiger partial charge in [-0.25, -0.2) is 9.97 Å². The van der Waals surface area contributed by atoms with Crippen LogP contribution in [0.2, 0.25) is 5.02 Å². The maximum absolute atomic E-state index is 12.6. The van der Waals surface area contributed by atoms with Crippen LogP contribution in [0.3, 0.4) is 0 Å². The van der Waals surface area contributed by atoms with E-state index in [-0.39, 0.29) is 11.7 Å². The van der Waals surface area contributed by atoms with Gasteiger partial charge in [-0.05, 0) is 66.5 Å². The Morgan fingerprint density at radius 2 is 1.97 bits per heavy atom. The Labute approximate surface area is 190 Å². The molecule has 0 saturated heterocycles. The van der Waals surface area contributed by atoms with E-state index < -0.39 is 0 Å². The summed E-state index contributed by atoms with van der Waals surface area (Å²) in [5.41, 5.74) is 3.30. The number of anilines is 1. The van der Waals surface area contributed by atoms with E-state index in [1.54, 1.807) is 17.5 Å². The smallest absolute Gasteiger partial charge is 0.222 e. The molecule has 0 atom stereocenters. The molecular formula is C24H24ClN3O2S. The van der Waals surface area contributed by atoms with Crippen molar-refractivity contribution in [3.63, 3.8) is 0 Å². The van der Waals surface area contributed by atoms with Crippen molar-refractivity contribution in [2.75, 3.05) is 5.32 Å². The van der Waals surface area contributed by atoms with Gasteiger partial charge < -0.3 is 5.32 Å². The molecule has 1 saturated carbocycles. The largest absolute Gasteiger partial charge is 0.311 e. The summed E-state index contributed by atoms with van der Waals surface area (Å²) in [6.07, 6.45) is 8.31. The molecule has 1 aliphatic carbocycles. The summed E-state index contributed by atoms with van der Waals surface area (Å²) in [5.74, 6) is 1.19. The number of halogens is 1. The lowest BCUT2D eigenvalue weighted by Crippen LogP contribution is -2.07. The number of aromatic nitrogens is 2. The van der Waals surface area contributed by atoms with E-state index in [9.17, 15) is 9.59 Å². The van der Waals surface area contributed by atoms with Crippen LogP contribution in [0.4, 0.5) is 5.82 Å². The van der Waals surface area contributed by atoms with Gasteiger partial charge in [0.15, 0.2) is 0 Å². The zero-order valence-electron chi connectivity index (χ0n) is 17.4. The Kier molecular flexibility index (Phi) is 6.78. The highest BCUT2D eigenvalue weighted by molar-refractivity contribution is 7.11. The van der Waals surface area contributed by atoms with Crippen LogP contribution in [0.25, 0.3) is 0 Å². The number of carbonyl (C=O) groups excluding carboxylic acids is 2. The van der Waals surface area contributed by atoms with Gasteiger partial charge in [-0.15, -0.1) is 11.3 Å². The summed E-state index contributed by atoms with van der Waals surface area (Å²) in [5, 5.41) is 4.20. The molecule has 0 aliphatic heterocycles. The molecule has 1 amide bonds. The van der Waals surface area contributed by atoms with Gasteiger partial charge in [-0.2, -0.15) is 0 Å². The van der Waals surface area contributed by atoms with Gasteiger partial charge in [0, 0.05) is 35.6 Å². The number of nitrogens with one attached hydrogen (secondary N) is 1. The summed E-state index contributed by atoms with van der Waals surface area (Å²) >= 11 is 7.90. The minimum atomic E-state index is -0.137. The normalized spacial score (nSPS) is 13.2. The van der Waals surface area contributed by atoms with Crippen molar-refractivity contribution in [1.29, 1.82) is 0 Å². The number of nitrogens with zero attached hydrogens (tertiary/aromatic N) is 2. The lowest BCUT2D eigenvalue weighted by atomic mass is 10.0. The van der Waals surface area contributed by atoms with E-state index in [1.165, 1.54) is 25.3 Å². The predicted octanol–water partition coefficient (Wildman–Crippen LogP) is 5.17. The Morgan fingerprint density at radius 3 is 2.74 bits per heavy atom. The van der Waals surface area contributed by atoms with Crippen molar-refractivity contribution >= 4 is 40.4 Å². The monoisotopic (exact) mass is 453 g/mol. The number of amides is 1. The van der Waals surface area contributed by atoms with Gasteiger partial charge in [-0.1, -0.05) is 23.7 Å². The molecule has 0 radical (unpaired) electrons. The van der Waals surface area contributed by atoms with Crippen molar-refractivity contribution in [1.82, 2.24) is 9.97 Å². The number of rotatable bonds is 9. The maximum Gasteiger partial charge on any atom is 0.222 e. The van der Waals surface area contributed by atoms with E-state index in [4.69, 9.17) is 11.6 Å². The molecule has 0 spiro atoms. The molecule has 2 aromatic heterocycles. The van der Waals surface area contributed by atoms with E-state index >= 15 is 0 Å². The number of thiazole rings is 1. The first-order chi connectivity index (χ1) is 15.0. The second-order valence-electron chi connectivity index (χ2n) is 7.97. The van der Waals surface area contributed by atoms with Gasteiger partial charge in [0.05, 0.1) is 6.42 Å². The molecule has 160 valence electrons. The van der Waals surface area contributed by atoms with Crippen LogP contribution in [0.5, 0.6) is 0 Å². The molecule has 1 aliphatic rings. The van der Waals surface area contributed by atoms with Crippen molar-refractivity contribution in [3.8, 4) is 0 Å². The second-order valence-corrected chi connectivity index (χ2v) is 9.58. The van der Waals surface area contributed by atoms with Gasteiger partial charge in [0.1, 0.15) is 16.6 Å². The summed E-state index contributed by atoms with van der Waals surface area (Å²) < 4.78 is 0. The molecular weight excluding hydrogens is 430 g/mol. The molecule has 0 unspecified atom stereocenters. The van der Waals surface area contributed by atoms with Gasteiger partial charge >= 0.3 is 0 Å². The predicted molar refractivity (Wildman–Crippen MR) is 124 cm³/mol. The zero-order valence-corrected chi connectivity index (χ0v) is 18.9. The van der Waals surface area contributed by atoms with Crippen LogP contribution in [0, 0.1) is 0 Å². The number of benzene rings is 1. The molecule has 1 fully saturated rings. The minimum Gasteiger partial charge on any atom is -0.311 e. The fraction of sp³-hybridized carbons (Fsp3) is 0.333. The fourth-order valence-electron chi connectivity index (χ4n) is 3.54. The topological polar surface area (TPSA) is 72.0 Å². The van der Waals surface area contributed by atoms with Crippen molar-refractivity contribution in [2.45, 2.75) is 51.4 Å². The summed E-state index contributed by atoms with van der Waals surface area (Å²) in [6, 6.07) is 9.90. The molecule has 31 heavy (non-hydrogen) atoms. The number of aryl methyl sites for hydroxylation is 2.